The Morgan fingerprint density at radius 2 is 2.17 bits per heavy atom. The van der Waals surface area contributed by atoms with Crippen LogP contribution in [0.4, 0.5) is 0 Å². The maximum atomic E-state index is 11.6. The van der Waals surface area contributed by atoms with Crippen LogP contribution in [0, 0.1) is 11.3 Å². The van der Waals surface area contributed by atoms with Gasteiger partial charge in [0.05, 0.1) is 11.3 Å². The van der Waals surface area contributed by atoms with Crippen molar-refractivity contribution in [3.63, 3.8) is 0 Å². The van der Waals surface area contributed by atoms with Gasteiger partial charge in [-0.2, -0.15) is 5.26 Å². The monoisotopic (exact) mass is 243 g/mol. The van der Waals surface area contributed by atoms with Crippen LogP contribution < -0.4 is 0 Å². The summed E-state index contributed by atoms with van der Waals surface area (Å²) in [6, 6.07) is 8.37. The number of hydrogen-bond donors (Lipinski definition) is 0. The van der Waals surface area contributed by atoms with Gasteiger partial charge in [0.25, 0.3) is 0 Å². The molecule has 0 bridgehead atoms. The highest BCUT2D eigenvalue weighted by Gasteiger charge is 2.11. The summed E-state index contributed by atoms with van der Waals surface area (Å²) in [6.45, 7) is 1.51. The van der Waals surface area contributed by atoms with Crippen molar-refractivity contribution in [2.75, 3.05) is 0 Å². The molecule has 0 N–H and O–H groups in total. The first-order valence-electron chi connectivity index (χ1n) is 5.14. The van der Waals surface area contributed by atoms with Crippen molar-refractivity contribution in [1.82, 2.24) is 20.2 Å². The second kappa shape index (κ2) is 5.05. The van der Waals surface area contributed by atoms with E-state index in [2.05, 4.69) is 15.5 Å². The average molecular weight is 243 g/mol. The minimum Gasteiger partial charge on any atom is -0.444 e. The molecule has 0 aliphatic heterocycles. The van der Waals surface area contributed by atoms with Crippen LogP contribution in [0.5, 0.6) is 0 Å². The number of tetrazole rings is 1. The van der Waals surface area contributed by atoms with Crippen LogP contribution >= 0.6 is 0 Å². The summed E-state index contributed by atoms with van der Waals surface area (Å²) in [5.74, 6) is -0.535. The van der Waals surface area contributed by atoms with Crippen LogP contribution in [-0.2, 0) is 4.74 Å². The van der Waals surface area contributed by atoms with Crippen molar-refractivity contribution in [2.45, 2.75) is 13.0 Å². The predicted molar refractivity (Wildman–Crippen MR) is 59.6 cm³/mol. The van der Waals surface area contributed by atoms with E-state index >= 15 is 0 Å². The average Bonchev–Trinajstić information content (AvgIpc) is 2.92. The smallest absolute Gasteiger partial charge is 0.339 e. The quantitative estimate of drug-likeness (QED) is 0.737. The van der Waals surface area contributed by atoms with Gasteiger partial charge < -0.3 is 4.74 Å². The first-order valence-corrected chi connectivity index (χ1v) is 5.14. The number of hydrogen-bond acceptors (Lipinski definition) is 6. The maximum absolute atomic E-state index is 11.6. The number of nitrogens with zero attached hydrogens (tertiary/aromatic N) is 5. The number of rotatable bonds is 3. The zero-order chi connectivity index (χ0) is 13.0. The van der Waals surface area contributed by atoms with Gasteiger partial charge in [-0.25, -0.2) is 9.48 Å². The van der Waals surface area contributed by atoms with E-state index in [1.165, 1.54) is 17.9 Å². The van der Waals surface area contributed by atoms with Crippen LogP contribution in [0.25, 0.3) is 5.69 Å². The fourth-order valence-corrected chi connectivity index (χ4v) is 1.28. The Hall–Kier alpha value is -2.75. The number of benzene rings is 1. The summed E-state index contributed by atoms with van der Waals surface area (Å²) < 4.78 is 6.33. The zero-order valence-electron chi connectivity index (χ0n) is 9.52. The lowest BCUT2D eigenvalue weighted by atomic mass is 10.2. The summed E-state index contributed by atoms with van der Waals surface area (Å²) in [4.78, 5) is 11.6. The first kappa shape index (κ1) is 11.7. The molecular weight excluding hydrogens is 234 g/mol. The molecule has 90 valence electrons. The molecule has 0 amide bonds. The van der Waals surface area contributed by atoms with Gasteiger partial charge in [-0.05, 0) is 41.6 Å². The van der Waals surface area contributed by atoms with Crippen LogP contribution in [-0.4, -0.2) is 32.3 Å². The van der Waals surface area contributed by atoms with Crippen molar-refractivity contribution in [1.29, 1.82) is 5.26 Å². The normalized spacial score (nSPS) is 11.6. The minimum atomic E-state index is -0.767. The predicted octanol–water partition coefficient (Wildman–Crippen LogP) is 0.731. The van der Waals surface area contributed by atoms with E-state index in [-0.39, 0.29) is 0 Å². The Morgan fingerprint density at radius 1 is 1.44 bits per heavy atom. The highest BCUT2D eigenvalue weighted by atomic mass is 16.5. The van der Waals surface area contributed by atoms with Crippen molar-refractivity contribution in [3.8, 4) is 11.8 Å². The fraction of sp³-hybridized carbons (Fsp3) is 0.182. The molecule has 1 heterocycles. The van der Waals surface area contributed by atoms with Gasteiger partial charge in [-0.15, -0.1) is 5.10 Å². The summed E-state index contributed by atoms with van der Waals surface area (Å²) in [5, 5.41) is 19.3. The lowest BCUT2D eigenvalue weighted by Crippen LogP contribution is -2.13. The van der Waals surface area contributed by atoms with Crippen molar-refractivity contribution in [2.24, 2.45) is 0 Å². The molecule has 0 saturated heterocycles. The van der Waals surface area contributed by atoms with Gasteiger partial charge >= 0.3 is 5.97 Å². The van der Waals surface area contributed by atoms with Crippen LogP contribution in [0.3, 0.4) is 0 Å². The molecule has 0 radical (unpaired) electrons. The Bertz CT molecular complexity index is 570. The number of carbonyl (C=O) groups is 1. The van der Waals surface area contributed by atoms with E-state index in [1.54, 1.807) is 24.3 Å². The molecule has 0 fully saturated rings. The Balaban J connectivity index is 2.13. The molecule has 2 rings (SSSR count). The second-order valence-corrected chi connectivity index (χ2v) is 3.48. The molecule has 0 unspecified atom stereocenters. The Kier molecular flexibility index (Phi) is 3.29. The lowest BCUT2D eigenvalue weighted by molar-refractivity contribution is 0.0435. The number of ether oxygens (including phenoxy) is 1. The second-order valence-electron chi connectivity index (χ2n) is 3.48. The van der Waals surface area contributed by atoms with Gasteiger partial charge in [0.15, 0.2) is 6.10 Å². The Labute approximate surface area is 103 Å². The number of carbonyl (C=O) groups excluding carboxylic acids is 1. The van der Waals surface area contributed by atoms with Crippen LogP contribution in [0.15, 0.2) is 30.6 Å². The van der Waals surface area contributed by atoms with Crippen molar-refractivity contribution >= 4 is 5.97 Å². The first-order chi connectivity index (χ1) is 8.70. The molecule has 0 aliphatic carbocycles. The van der Waals surface area contributed by atoms with Crippen molar-refractivity contribution < 1.29 is 9.53 Å². The third-order valence-electron chi connectivity index (χ3n) is 2.18. The summed E-state index contributed by atoms with van der Waals surface area (Å²) in [5.41, 5.74) is 1.10. The van der Waals surface area contributed by atoms with E-state index in [9.17, 15) is 4.79 Å². The SMILES string of the molecule is C[C@H](C#N)OC(=O)c1ccc(-n2cnnn2)cc1. The molecule has 7 nitrogen and oxygen atoms in total. The molecule has 0 aliphatic rings. The lowest BCUT2D eigenvalue weighted by Gasteiger charge is -2.06. The molecule has 7 heteroatoms. The number of esters is 1. The number of nitriles is 1. The van der Waals surface area contributed by atoms with E-state index < -0.39 is 12.1 Å². The van der Waals surface area contributed by atoms with Gasteiger partial charge in [0, 0.05) is 0 Å². The maximum Gasteiger partial charge on any atom is 0.339 e. The molecule has 18 heavy (non-hydrogen) atoms. The summed E-state index contributed by atoms with van der Waals surface area (Å²) >= 11 is 0. The van der Waals surface area contributed by atoms with Gasteiger partial charge in [-0.1, -0.05) is 0 Å². The molecule has 1 aromatic carbocycles. The minimum absolute atomic E-state index is 0.369. The number of aromatic nitrogens is 4. The van der Waals surface area contributed by atoms with E-state index in [4.69, 9.17) is 10.00 Å². The standard InChI is InChI=1S/C11H9N5O2/c1-8(6-12)18-11(17)9-2-4-10(5-3-9)16-7-13-14-15-16/h2-5,7-8H,1H3/t8-/m1/s1. The highest BCUT2D eigenvalue weighted by molar-refractivity contribution is 5.89. The van der Waals surface area contributed by atoms with Crippen molar-refractivity contribution in [3.05, 3.63) is 36.2 Å². The third kappa shape index (κ3) is 2.49. The topological polar surface area (TPSA) is 93.7 Å². The van der Waals surface area contributed by atoms with Gasteiger partial charge in [0.1, 0.15) is 12.4 Å². The fourth-order valence-electron chi connectivity index (χ4n) is 1.28. The largest absolute Gasteiger partial charge is 0.444 e. The molecule has 2 aromatic rings. The van der Waals surface area contributed by atoms with Crippen LogP contribution in [0.1, 0.15) is 17.3 Å². The molecule has 0 spiro atoms. The Morgan fingerprint density at radius 3 is 2.72 bits per heavy atom. The molecule has 1 aromatic heterocycles. The third-order valence-corrected chi connectivity index (χ3v) is 2.18. The highest BCUT2D eigenvalue weighted by Crippen LogP contribution is 2.09. The zero-order valence-corrected chi connectivity index (χ0v) is 9.52. The molecular formula is C11H9N5O2. The van der Waals surface area contributed by atoms with E-state index in [0.29, 0.717) is 5.56 Å². The molecule has 0 saturated carbocycles. The van der Waals surface area contributed by atoms with Gasteiger partial charge in [0.2, 0.25) is 0 Å². The molecule has 1 atom stereocenters. The van der Waals surface area contributed by atoms with Crippen LogP contribution in [0.2, 0.25) is 0 Å². The van der Waals surface area contributed by atoms with E-state index in [1.807, 2.05) is 6.07 Å². The summed E-state index contributed by atoms with van der Waals surface area (Å²) in [7, 11) is 0. The summed E-state index contributed by atoms with van der Waals surface area (Å²) in [6.07, 6.45) is 0.683. The van der Waals surface area contributed by atoms with E-state index in [0.717, 1.165) is 5.69 Å². The van der Waals surface area contributed by atoms with Gasteiger partial charge in [-0.3, -0.25) is 0 Å².